The van der Waals surface area contributed by atoms with Crippen molar-refractivity contribution in [3.05, 3.63) is 119 Å². The molecular weight excluding hydrogens is 525 g/mol. The summed E-state index contributed by atoms with van der Waals surface area (Å²) in [6.45, 7) is 0.124. The van der Waals surface area contributed by atoms with Gasteiger partial charge in [0.2, 0.25) is 0 Å². The molecule has 206 valence electrons. The molecule has 0 atom stereocenters. The monoisotopic (exact) mass is 557 g/mol. The van der Waals surface area contributed by atoms with Crippen LogP contribution in [0.3, 0.4) is 0 Å². The molecule has 1 saturated carbocycles. The van der Waals surface area contributed by atoms with Crippen LogP contribution < -0.4 is 9.64 Å². The van der Waals surface area contributed by atoms with Crippen LogP contribution in [0.4, 0.5) is 10.1 Å². The molecule has 0 heterocycles. The van der Waals surface area contributed by atoms with Gasteiger partial charge >= 0.3 is 0 Å². The first-order valence-electron chi connectivity index (χ1n) is 13.8. The molecule has 0 radical (unpaired) electrons. The standard InChI is InChI=1S/C34H33ClFNO3/c35-27-12-7-13-28(21-27)37(18-19-38)34(39)26-11-6-8-24(20-26)23-40-29-16-17-32(33(36)22-29)31-15-5-4-14-30(31)25-9-2-1-3-10-25/h4-8,11-17,20-22,25,38H,1-3,9-10,18-19,23H2. The van der Waals surface area contributed by atoms with Crippen molar-refractivity contribution in [1.82, 2.24) is 0 Å². The lowest BCUT2D eigenvalue weighted by molar-refractivity contribution is 0.0981. The summed E-state index contributed by atoms with van der Waals surface area (Å²) in [5.41, 5.74) is 4.60. The summed E-state index contributed by atoms with van der Waals surface area (Å²) in [7, 11) is 0. The lowest BCUT2D eigenvalue weighted by Gasteiger charge is -2.24. The van der Waals surface area contributed by atoms with Gasteiger partial charge in [-0.05, 0) is 77.9 Å². The van der Waals surface area contributed by atoms with Gasteiger partial charge in [-0.15, -0.1) is 0 Å². The van der Waals surface area contributed by atoms with Crippen LogP contribution in [0.5, 0.6) is 5.75 Å². The van der Waals surface area contributed by atoms with Crippen LogP contribution in [0.2, 0.25) is 5.02 Å². The number of aliphatic hydroxyl groups is 1. The number of rotatable bonds is 9. The summed E-state index contributed by atoms with van der Waals surface area (Å²) in [4.78, 5) is 14.8. The first-order valence-corrected chi connectivity index (χ1v) is 14.2. The molecule has 40 heavy (non-hydrogen) atoms. The van der Waals surface area contributed by atoms with Crippen molar-refractivity contribution in [2.24, 2.45) is 0 Å². The van der Waals surface area contributed by atoms with E-state index >= 15 is 4.39 Å². The van der Waals surface area contributed by atoms with Crippen LogP contribution in [0.25, 0.3) is 11.1 Å². The van der Waals surface area contributed by atoms with Gasteiger partial charge < -0.3 is 14.7 Å². The van der Waals surface area contributed by atoms with E-state index in [4.69, 9.17) is 16.3 Å². The predicted octanol–water partition coefficient (Wildman–Crippen LogP) is 8.41. The van der Waals surface area contributed by atoms with Crippen LogP contribution in [0.1, 0.15) is 59.5 Å². The zero-order chi connectivity index (χ0) is 27.9. The molecule has 1 N–H and O–H groups in total. The topological polar surface area (TPSA) is 49.8 Å². The molecule has 4 nitrogen and oxygen atoms in total. The zero-order valence-electron chi connectivity index (χ0n) is 22.4. The number of benzene rings is 4. The molecule has 1 fully saturated rings. The number of nitrogens with zero attached hydrogens (tertiary/aromatic N) is 1. The molecule has 0 spiro atoms. The lowest BCUT2D eigenvalue weighted by Crippen LogP contribution is -2.33. The Kier molecular flexibility index (Phi) is 9.15. The summed E-state index contributed by atoms with van der Waals surface area (Å²) < 4.78 is 21.3. The Bertz CT molecular complexity index is 1470. The smallest absolute Gasteiger partial charge is 0.258 e. The zero-order valence-corrected chi connectivity index (χ0v) is 23.1. The van der Waals surface area contributed by atoms with Gasteiger partial charge in [-0.2, -0.15) is 0 Å². The number of hydrogen-bond acceptors (Lipinski definition) is 3. The number of hydrogen-bond donors (Lipinski definition) is 1. The summed E-state index contributed by atoms with van der Waals surface area (Å²) in [6.07, 6.45) is 6.03. The van der Waals surface area contributed by atoms with Gasteiger partial charge in [0.1, 0.15) is 18.2 Å². The first kappa shape index (κ1) is 27.9. The maximum atomic E-state index is 15.4. The van der Waals surface area contributed by atoms with E-state index in [9.17, 15) is 9.90 Å². The summed E-state index contributed by atoms with van der Waals surface area (Å²) in [5.74, 6) is 0.326. The molecule has 0 aliphatic heterocycles. The highest BCUT2D eigenvalue weighted by Crippen LogP contribution is 2.39. The fourth-order valence-corrected chi connectivity index (χ4v) is 5.71. The Hall–Kier alpha value is -3.67. The van der Waals surface area contributed by atoms with Crippen molar-refractivity contribution >= 4 is 23.2 Å². The average Bonchev–Trinajstić information content (AvgIpc) is 2.99. The minimum Gasteiger partial charge on any atom is -0.489 e. The van der Waals surface area contributed by atoms with Gasteiger partial charge in [0, 0.05) is 34.4 Å². The Balaban J connectivity index is 1.30. The maximum absolute atomic E-state index is 15.4. The van der Waals surface area contributed by atoms with Crippen LogP contribution in [0, 0.1) is 5.82 Å². The van der Waals surface area contributed by atoms with Crippen molar-refractivity contribution in [3.63, 3.8) is 0 Å². The summed E-state index contributed by atoms with van der Waals surface area (Å²) in [5, 5.41) is 10.1. The number of aliphatic hydroxyl groups excluding tert-OH is 1. The molecule has 5 rings (SSSR count). The van der Waals surface area contributed by atoms with Crippen molar-refractivity contribution in [2.45, 2.75) is 44.6 Å². The van der Waals surface area contributed by atoms with Gasteiger partial charge in [-0.1, -0.05) is 73.3 Å². The third kappa shape index (κ3) is 6.55. The van der Waals surface area contributed by atoms with Crippen molar-refractivity contribution in [3.8, 4) is 16.9 Å². The average molecular weight is 558 g/mol. The van der Waals surface area contributed by atoms with Gasteiger partial charge in [-0.3, -0.25) is 4.79 Å². The highest BCUT2D eigenvalue weighted by Gasteiger charge is 2.21. The largest absolute Gasteiger partial charge is 0.489 e. The lowest BCUT2D eigenvalue weighted by atomic mass is 9.81. The highest BCUT2D eigenvalue weighted by atomic mass is 35.5. The molecule has 6 heteroatoms. The second-order valence-electron chi connectivity index (χ2n) is 10.2. The minimum atomic E-state index is -0.314. The van der Waals surface area contributed by atoms with Crippen molar-refractivity contribution < 1.29 is 19.0 Å². The van der Waals surface area contributed by atoms with Crippen molar-refractivity contribution in [2.75, 3.05) is 18.1 Å². The number of anilines is 1. The van der Waals surface area contributed by atoms with Gasteiger partial charge in [-0.25, -0.2) is 4.39 Å². The van der Waals surface area contributed by atoms with E-state index in [1.807, 2.05) is 24.3 Å². The Morgan fingerprint density at radius 1 is 0.900 bits per heavy atom. The van der Waals surface area contributed by atoms with Crippen LogP contribution >= 0.6 is 11.6 Å². The second-order valence-corrected chi connectivity index (χ2v) is 10.6. The molecule has 1 aliphatic carbocycles. The molecule has 1 amide bonds. The fraction of sp³-hybridized carbons (Fsp3) is 0.265. The summed E-state index contributed by atoms with van der Waals surface area (Å²) >= 11 is 6.12. The molecule has 0 aromatic heterocycles. The normalized spacial score (nSPS) is 13.7. The van der Waals surface area contributed by atoms with Gasteiger partial charge in [0.25, 0.3) is 5.91 Å². The molecule has 0 saturated heterocycles. The Labute approximate surface area is 240 Å². The number of carbonyl (C=O) groups is 1. The van der Waals surface area contributed by atoms with Gasteiger partial charge in [0.05, 0.1) is 6.61 Å². The van der Waals surface area contributed by atoms with Crippen LogP contribution in [0.15, 0.2) is 91.0 Å². The number of carbonyl (C=O) groups excluding carboxylic acids is 1. The Morgan fingerprint density at radius 3 is 2.48 bits per heavy atom. The maximum Gasteiger partial charge on any atom is 0.258 e. The summed E-state index contributed by atoms with van der Waals surface area (Å²) in [6, 6.07) is 27.3. The van der Waals surface area contributed by atoms with E-state index in [1.165, 1.54) is 35.8 Å². The molecular formula is C34H33ClFNO3. The van der Waals surface area contributed by atoms with E-state index in [1.54, 1.807) is 54.6 Å². The fourth-order valence-electron chi connectivity index (χ4n) is 5.52. The third-order valence-electron chi connectivity index (χ3n) is 7.50. The van der Waals surface area contributed by atoms with Crippen LogP contribution in [-0.4, -0.2) is 24.2 Å². The van der Waals surface area contributed by atoms with E-state index in [0.717, 1.165) is 24.0 Å². The molecule has 4 aromatic rings. The quantitative estimate of drug-likeness (QED) is 0.225. The van der Waals surface area contributed by atoms with Crippen LogP contribution in [-0.2, 0) is 6.61 Å². The first-order chi connectivity index (χ1) is 19.5. The van der Waals surface area contributed by atoms with E-state index in [2.05, 4.69) is 6.07 Å². The minimum absolute atomic E-state index is 0.134. The highest BCUT2D eigenvalue weighted by molar-refractivity contribution is 6.31. The molecule has 1 aliphatic rings. The predicted molar refractivity (Wildman–Crippen MR) is 159 cm³/mol. The Morgan fingerprint density at radius 2 is 1.70 bits per heavy atom. The molecule has 0 bridgehead atoms. The van der Waals surface area contributed by atoms with Crippen molar-refractivity contribution in [1.29, 1.82) is 0 Å². The second kappa shape index (κ2) is 13.1. The van der Waals surface area contributed by atoms with E-state index in [-0.39, 0.29) is 31.5 Å². The number of halogens is 2. The SMILES string of the molecule is O=C(c1cccc(COc2ccc(-c3ccccc3C3CCCCC3)c(F)c2)c1)N(CCO)c1cccc(Cl)c1. The molecule has 0 unspecified atom stereocenters. The van der Waals surface area contributed by atoms with E-state index < -0.39 is 0 Å². The number of amides is 1. The molecule has 4 aromatic carbocycles. The number of ether oxygens (including phenoxy) is 1. The third-order valence-corrected chi connectivity index (χ3v) is 7.74. The van der Waals surface area contributed by atoms with E-state index in [0.29, 0.717) is 33.5 Å². The van der Waals surface area contributed by atoms with Gasteiger partial charge in [0.15, 0.2) is 0 Å².